The first-order valence-electron chi connectivity index (χ1n) is 38.3. The number of hydrogen-bond acceptors (Lipinski definition) is 15. The molecular weight excluding hydrogens is 1210 g/mol. The van der Waals surface area contributed by atoms with Crippen LogP contribution in [0.2, 0.25) is 0 Å². The van der Waals surface area contributed by atoms with Gasteiger partial charge in [-0.05, 0) is 25.7 Å². The predicted molar refractivity (Wildman–Crippen MR) is 372 cm³/mol. The highest BCUT2D eigenvalue weighted by molar-refractivity contribution is 7.47. The average Bonchev–Trinajstić information content (AvgIpc) is 3.63. The molecular formula is C73H142O17P2. The van der Waals surface area contributed by atoms with Gasteiger partial charge in [0.2, 0.25) is 0 Å². The van der Waals surface area contributed by atoms with Gasteiger partial charge in [0.05, 0.1) is 26.4 Å². The number of rotatable bonds is 74. The molecule has 0 saturated heterocycles. The molecule has 0 aliphatic heterocycles. The summed E-state index contributed by atoms with van der Waals surface area (Å²) in [6.07, 6.45) is 56.6. The number of phosphoric acid groups is 2. The van der Waals surface area contributed by atoms with Gasteiger partial charge in [0.15, 0.2) is 12.2 Å². The van der Waals surface area contributed by atoms with E-state index in [0.29, 0.717) is 25.7 Å². The smallest absolute Gasteiger partial charge is 0.462 e. The minimum Gasteiger partial charge on any atom is -0.462 e. The molecule has 0 aromatic heterocycles. The maximum absolute atomic E-state index is 13.0. The van der Waals surface area contributed by atoms with Crippen molar-refractivity contribution in [2.75, 3.05) is 39.6 Å². The van der Waals surface area contributed by atoms with Crippen LogP contribution in [0.4, 0.5) is 0 Å². The second-order valence-corrected chi connectivity index (χ2v) is 29.2. The van der Waals surface area contributed by atoms with Crippen LogP contribution in [0, 0.1) is 0 Å². The molecule has 0 fully saturated rings. The first-order chi connectivity index (χ1) is 44.7. The van der Waals surface area contributed by atoms with E-state index in [-0.39, 0.29) is 25.7 Å². The molecule has 0 amide bonds. The van der Waals surface area contributed by atoms with Crippen LogP contribution < -0.4 is 0 Å². The summed E-state index contributed by atoms with van der Waals surface area (Å²) in [6, 6.07) is 0. The first-order valence-corrected chi connectivity index (χ1v) is 41.3. The van der Waals surface area contributed by atoms with Crippen molar-refractivity contribution in [1.82, 2.24) is 0 Å². The summed E-state index contributed by atoms with van der Waals surface area (Å²) in [6.45, 7) is 4.98. The van der Waals surface area contributed by atoms with Crippen molar-refractivity contribution in [3.8, 4) is 0 Å². The molecule has 0 aromatic carbocycles. The Hall–Kier alpha value is -1.94. The molecule has 0 aliphatic carbocycles. The van der Waals surface area contributed by atoms with E-state index in [9.17, 15) is 43.2 Å². The average molecular weight is 1350 g/mol. The number of aliphatic hydroxyl groups is 1. The lowest BCUT2D eigenvalue weighted by atomic mass is 10.0. The number of esters is 4. The highest BCUT2D eigenvalue weighted by Gasteiger charge is 2.30. The monoisotopic (exact) mass is 1350 g/mol. The maximum atomic E-state index is 13.0. The van der Waals surface area contributed by atoms with Crippen LogP contribution in [-0.4, -0.2) is 96.7 Å². The molecule has 0 radical (unpaired) electrons. The van der Waals surface area contributed by atoms with E-state index in [4.69, 9.17) is 37.0 Å². The van der Waals surface area contributed by atoms with E-state index in [2.05, 4.69) is 27.7 Å². The molecule has 3 N–H and O–H groups in total. The number of carbonyl (C=O) groups is 4. The lowest BCUT2D eigenvalue weighted by Crippen LogP contribution is -2.30. The van der Waals surface area contributed by atoms with Crippen molar-refractivity contribution >= 4 is 39.5 Å². The number of carbonyl (C=O) groups excluding carboxylic acids is 4. The fourth-order valence-electron chi connectivity index (χ4n) is 11.2. The molecule has 0 rings (SSSR count). The van der Waals surface area contributed by atoms with Crippen LogP contribution in [0.25, 0.3) is 0 Å². The fraction of sp³-hybridized carbons (Fsp3) is 0.945. The highest BCUT2D eigenvalue weighted by atomic mass is 31.2. The van der Waals surface area contributed by atoms with Crippen LogP contribution in [0.15, 0.2) is 0 Å². The molecule has 2 unspecified atom stereocenters. The standard InChI is InChI=1S/C73H142O17P2/c1-5-9-13-17-21-25-29-33-37-41-45-49-53-57-70(75)83-63-68(89-72(77)59-55-51-47-43-39-35-31-27-23-19-15-11-7-3)65-87-91(79,80)85-61-67(74)62-86-92(81,82)88-66-69(90-73(78)60-56-52-48-44-40-36-32-28-24-20-16-12-8-4)64-84-71(76)58-54-50-46-42-38-34-30-26-22-18-14-10-6-2/h67-69,74H,5-66H2,1-4H3,(H,79,80)(H,81,82)/t68-,69-/m1/s1. The number of unbranched alkanes of at least 4 members (excludes halogenated alkanes) is 48. The molecule has 0 bridgehead atoms. The van der Waals surface area contributed by atoms with Gasteiger partial charge in [-0.1, -0.05) is 336 Å². The number of ether oxygens (including phenoxy) is 4. The van der Waals surface area contributed by atoms with Gasteiger partial charge >= 0.3 is 39.5 Å². The third-order valence-electron chi connectivity index (χ3n) is 17.1. The van der Waals surface area contributed by atoms with E-state index in [1.54, 1.807) is 0 Å². The molecule has 92 heavy (non-hydrogen) atoms. The van der Waals surface area contributed by atoms with E-state index in [1.165, 1.54) is 218 Å². The largest absolute Gasteiger partial charge is 0.472 e. The Morgan fingerprint density at radius 3 is 0.641 bits per heavy atom. The molecule has 17 nitrogen and oxygen atoms in total. The van der Waals surface area contributed by atoms with Crippen LogP contribution in [0.5, 0.6) is 0 Å². The molecule has 0 spiro atoms. The van der Waals surface area contributed by atoms with Crippen LogP contribution in [0.3, 0.4) is 0 Å². The van der Waals surface area contributed by atoms with Crippen molar-refractivity contribution < 1.29 is 80.2 Å². The summed E-state index contributed by atoms with van der Waals surface area (Å²) in [5.74, 6) is -2.11. The predicted octanol–water partition coefficient (Wildman–Crippen LogP) is 21.4. The summed E-state index contributed by atoms with van der Waals surface area (Å²) in [4.78, 5) is 72.7. The SMILES string of the molecule is CCCCCCCCCCCCCCCC(=O)OC[C@H](COP(=O)(O)OCC(O)COP(=O)(O)OC[C@@H](COC(=O)CCCCCCCCCCCCCCC)OC(=O)CCCCCCCCCCCCCCC)OC(=O)CCCCCCCCCCCCCCC. The summed E-state index contributed by atoms with van der Waals surface area (Å²) < 4.78 is 68.4. The minimum absolute atomic E-state index is 0.109. The molecule has 546 valence electrons. The Morgan fingerprint density at radius 2 is 0.435 bits per heavy atom. The summed E-state index contributed by atoms with van der Waals surface area (Å²) in [7, 11) is -9.90. The summed E-state index contributed by atoms with van der Waals surface area (Å²) in [5, 5.41) is 10.6. The van der Waals surface area contributed by atoms with Gasteiger partial charge in [0, 0.05) is 25.7 Å². The summed E-state index contributed by atoms with van der Waals surface area (Å²) in [5.41, 5.74) is 0. The Balaban J connectivity index is 5.25. The van der Waals surface area contributed by atoms with Gasteiger partial charge in [-0.2, -0.15) is 0 Å². The zero-order chi connectivity index (χ0) is 67.5. The minimum atomic E-state index is -4.95. The highest BCUT2D eigenvalue weighted by Crippen LogP contribution is 2.45. The van der Waals surface area contributed by atoms with Gasteiger partial charge in [-0.15, -0.1) is 0 Å². The van der Waals surface area contributed by atoms with E-state index < -0.39 is 97.5 Å². The third-order valence-corrected chi connectivity index (χ3v) is 19.0. The molecule has 0 heterocycles. The molecule has 19 heteroatoms. The van der Waals surface area contributed by atoms with Crippen molar-refractivity contribution in [1.29, 1.82) is 0 Å². The second-order valence-electron chi connectivity index (χ2n) is 26.3. The van der Waals surface area contributed by atoms with Crippen molar-refractivity contribution in [3.05, 3.63) is 0 Å². The maximum Gasteiger partial charge on any atom is 0.472 e. The van der Waals surface area contributed by atoms with Crippen LogP contribution in [0.1, 0.15) is 387 Å². The zero-order valence-corrected chi connectivity index (χ0v) is 61.3. The van der Waals surface area contributed by atoms with Gasteiger partial charge in [0.1, 0.15) is 19.3 Å². The Morgan fingerprint density at radius 1 is 0.261 bits per heavy atom. The number of phosphoric ester groups is 2. The lowest BCUT2D eigenvalue weighted by Gasteiger charge is -2.21. The van der Waals surface area contributed by atoms with Crippen molar-refractivity contribution in [2.45, 2.75) is 406 Å². The second kappa shape index (κ2) is 67.6. The fourth-order valence-corrected chi connectivity index (χ4v) is 12.8. The van der Waals surface area contributed by atoms with Gasteiger partial charge in [0.25, 0.3) is 0 Å². The number of hydrogen-bond donors (Lipinski definition) is 3. The Kier molecular flexibility index (Phi) is 66.2. The van der Waals surface area contributed by atoms with Gasteiger partial charge in [-0.3, -0.25) is 37.3 Å². The van der Waals surface area contributed by atoms with Crippen LogP contribution >= 0.6 is 15.6 Å². The van der Waals surface area contributed by atoms with Crippen LogP contribution in [-0.2, 0) is 65.4 Å². The van der Waals surface area contributed by atoms with E-state index in [0.717, 1.165) is 89.9 Å². The first kappa shape index (κ1) is 90.1. The normalized spacial score (nSPS) is 13.9. The van der Waals surface area contributed by atoms with Crippen molar-refractivity contribution in [2.24, 2.45) is 0 Å². The quantitative estimate of drug-likeness (QED) is 0.0222. The molecule has 0 saturated carbocycles. The van der Waals surface area contributed by atoms with Crippen molar-refractivity contribution in [3.63, 3.8) is 0 Å². The van der Waals surface area contributed by atoms with E-state index in [1.807, 2.05) is 0 Å². The topological polar surface area (TPSA) is 237 Å². The zero-order valence-electron chi connectivity index (χ0n) is 59.5. The molecule has 4 atom stereocenters. The van der Waals surface area contributed by atoms with Gasteiger partial charge in [-0.25, -0.2) is 9.13 Å². The molecule has 0 aliphatic rings. The Bertz CT molecular complexity index is 1630. The molecule has 0 aromatic rings. The Labute approximate surface area is 562 Å². The number of aliphatic hydroxyl groups excluding tert-OH is 1. The van der Waals surface area contributed by atoms with E-state index >= 15 is 0 Å². The lowest BCUT2D eigenvalue weighted by molar-refractivity contribution is -0.161. The third kappa shape index (κ3) is 66.7. The van der Waals surface area contributed by atoms with Gasteiger partial charge < -0.3 is 33.8 Å². The summed E-state index contributed by atoms with van der Waals surface area (Å²) >= 11 is 0.